The van der Waals surface area contributed by atoms with Crippen LogP contribution in [0.25, 0.3) is 16.9 Å². The molecule has 3 aromatic rings. The number of nitrogens with one attached hydrogen (secondary N) is 1. The topological polar surface area (TPSA) is 101 Å². The van der Waals surface area contributed by atoms with Crippen LogP contribution in [0.3, 0.4) is 0 Å². The van der Waals surface area contributed by atoms with Gasteiger partial charge >= 0.3 is 12.0 Å². The highest BCUT2D eigenvalue weighted by atomic mass is 16.5. The maximum absolute atomic E-state index is 12.5. The zero-order valence-electron chi connectivity index (χ0n) is 20.7. The molecule has 1 aliphatic rings. The van der Waals surface area contributed by atoms with Gasteiger partial charge in [-0.1, -0.05) is 0 Å². The number of fused-ring (bicyclic) bond motifs is 1. The molecule has 1 aliphatic heterocycles. The van der Waals surface area contributed by atoms with E-state index < -0.39 is 5.41 Å². The van der Waals surface area contributed by atoms with E-state index in [9.17, 15) is 9.59 Å². The molecule has 35 heavy (non-hydrogen) atoms. The molecule has 0 bridgehead atoms. The summed E-state index contributed by atoms with van der Waals surface area (Å²) in [5.74, 6) is 1.19. The zero-order chi connectivity index (χ0) is 25.0. The molecule has 1 saturated heterocycles. The number of nitrogens with zero attached hydrogens (tertiary/aromatic N) is 5. The van der Waals surface area contributed by atoms with Crippen LogP contribution >= 0.6 is 0 Å². The van der Waals surface area contributed by atoms with Crippen LogP contribution in [-0.4, -0.2) is 73.1 Å². The van der Waals surface area contributed by atoms with Gasteiger partial charge in [-0.3, -0.25) is 9.69 Å². The first-order valence-electron chi connectivity index (χ1n) is 11.7. The van der Waals surface area contributed by atoms with Crippen molar-refractivity contribution in [1.82, 2.24) is 19.9 Å². The summed E-state index contributed by atoms with van der Waals surface area (Å²) in [7, 11) is 1.68. The van der Waals surface area contributed by atoms with E-state index in [0.717, 1.165) is 30.0 Å². The molecular weight excluding hydrogens is 448 g/mol. The van der Waals surface area contributed by atoms with Gasteiger partial charge in [-0.2, -0.15) is 0 Å². The highest BCUT2D eigenvalue weighted by Crippen LogP contribution is 2.26. The molecule has 0 radical (unpaired) electrons. The van der Waals surface area contributed by atoms with Crippen LogP contribution in [0.1, 0.15) is 20.8 Å². The van der Waals surface area contributed by atoms with Crippen molar-refractivity contribution >= 4 is 29.0 Å². The van der Waals surface area contributed by atoms with Crippen molar-refractivity contribution < 1.29 is 19.1 Å². The molecule has 0 unspecified atom stereocenters. The molecule has 0 aliphatic carbocycles. The Kier molecular flexibility index (Phi) is 7.20. The quantitative estimate of drug-likeness (QED) is 0.428. The van der Waals surface area contributed by atoms with Crippen LogP contribution in [-0.2, 0) is 14.3 Å². The number of hydrogen-bond donors (Lipinski definition) is 1. The number of anilines is 2. The minimum absolute atomic E-state index is 0.124. The highest BCUT2D eigenvalue weighted by molar-refractivity contribution is 5.91. The number of hydrogen-bond acceptors (Lipinski definition) is 7. The predicted octanol–water partition coefficient (Wildman–Crippen LogP) is 2.97. The van der Waals surface area contributed by atoms with E-state index in [2.05, 4.69) is 15.3 Å². The summed E-state index contributed by atoms with van der Waals surface area (Å²) >= 11 is 0. The Morgan fingerprint density at radius 3 is 2.54 bits per heavy atom. The minimum Gasteiger partial charge on any atom is -0.463 e. The normalized spacial score (nSPS) is 14.1. The molecule has 1 N–H and O–H groups in total. The molecule has 2 aromatic heterocycles. The fourth-order valence-corrected chi connectivity index (χ4v) is 3.64. The number of esters is 1. The fraction of sp³-hybridized carbons (Fsp3) is 0.440. The second kappa shape index (κ2) is 10.3. The fourth-order valence-electron chi connectivity index (χ4n) is 3.64. The summed E-state index contributed by atoms with van der Waals surface area (Å²) in [6.07, 6.45) is 1.91. The van der Waals surface area contributed by atoms with Crippen molar-refractivity contribution in [2.24, 2.45) is 5.41 Å². The van der Waals surface area contributed by atoms with Gasteiger partial charge in [0.2, 0.25) is 0 Å². The number of morpholine rings is 1. The summed E-state index contributed by atoms with van der Waals surface area (Å²) in [5, 5.41) is 7.43. The van der Waals surface area contributed by atoms with Crippen molar-refractivity contribution in [1.29, 1.82) is 0 Å². The van der Waals surface area contributed by atoms with E-state index in [4.69, 9.17) is 14.5 Å². The molecular formula is C25H32N6O4. The van der Waals surface area contributed by atoms with Crippen LogP contribution < -0.4 is 15.1 Å². The van der Waals surface area contributed by atoms with Gasteiger partial charge in [0.25, 0.3) is 0 Å². The molecule has 2 amide bonds. The van der Waals surface area contributed by atoms with Crippen molar-refractivity contribution in [2.45, 2.75) is 20.8 Å². The van der Waals surface area contributed by atoms with Gasteiger partial charge < -0.3 is 19.7 Å². The summed E-state index contributed by atoms with van der Waals surface area (Å²) in [4.78, 5) is 32.9. The maximum Gasteiger partial charge on any atom is 0.321 e. The number of aromatic nitrogens is 3. The molecule has 1 aromatic carbocycles. The number of amides is 2. The molecule has 3 heterocycles. The van der Waals surface area contributed by atoms with Crippen LogP contribution in [0.4, 0.5) is 16.3 Å². The van der Waals surface area contributed by atoms with Gasteiger partial charge in [-0.15, -0.1) is 5.10 Å². The van der Waals surface area contributed by atoms with E-state index in [1.165, 1.54) is 4.90 Å². The molecule has 0 saturated carbocycles. The van der Waals surface area contributed by atoms with Crippen LogP contribution in [0.15, 0.2) is 42.6 Å². The van der Waals surface area contributed by atoms with Gasteiger partial charge in [0, 0.05) is 37.6 Å². The average Bonchev–Trinajstić information content (AvgIpc) is 3.34. The zero-order valence-corrected chi connectivity index (χ0v) is 20.7. The molecule has 4 rings (SSSR count). The van der Waals surface area contributed by atoms with Crippen molar-refractivity contribution in [2.75, 3.05) is 56.3 Å². The number of ether oxygens (including phenoxy) is 2. The summed E-state index contributed by atoms with van der Waals surface area (Å²) in [6, 6.07) is 11.2. The Bertz CT molecular complexity index is 1180. The van der Waals surface area contributed by atoms with Gasteiger partial charge in [0.05, 0.1) is 25.2 Å². The monoisotopic (exact) mass is 480 g/mol. The van der Waals surface area contributed by atoms with Gasteiger partial charge in [-0.25, -0.2) is 14.3 Å². The standard InChI is InChI=1S/C25H32N6O4/c1-25(2,3)23(32)35-15-11-26-24(33)29(4)19-9-7-18(8-10-19)21-27-22(30-13-16-34-17-14-30)20-6-5-12-31(20)28-21/h5-10,12H,11,13-17H2,1-4H3,(H,26,33). The lowest BCUT2D eigenvalue weighted by atomic mass is 9.97. The van der Waals surface area contributed by atoms with E-state index >= 15 is 0 Å². The third kappa shape index (κ3) is 5.71. The Hall–Kier alpha value is -3.66. The lowest BCUT2D eigenvalue weighted by molar-refractivity contribution is -0.152. The molecule has 0 spiro atoms. The predicted molar refractivity (Wildman–Crippen MR) is 134 cm³/mol. The second-order valence-electron chi connectivity index (χ2n) is 9.42. The average molecular weight is 481 g/mol. The van der Waals surface area contributed by atoms with Gasteiger partial charge in [0.1, 0.15) is 12.1 Å². The summed E-state index contributed by atoms with van der Waals surface area (Å²) < 4.78 is 12.5. The molecule has 186 valence electrons. The van der Waals surface area contributed by atoms with Crippen LogP contribution in [0.2, 0.25) is 0 Å². The maximum atomic E-state index is 12.5. The smallest absolute Gasteiger partial charge is 0.321 e. The summed E-state index contributed by atoms with van der Waals surface area (Å²) in [6.45, 7) is 8.64. The Labute approximate surface area is 204 Å². The number of rotatable bonds is 6. The number of carbonyl (C=O) groups is 2. The van der Waals surface area contributed by atoms with Crippen molar-refractivity contribution in [3.05, 3.63) is 42.6 Å². The molecule has 1 fully saturated rings. The lowest BCUT2D eigenvalue weighted by Gasteiger charge is -2.28. The lowest BCUT2D eigenvalue weighted by Crippen LogP contribution is -2.39. The first kappa shape index (κ1) is 24.5. The Morgan fingerprint density at radius 1 is 1.14 bits per heavy atom. The first-order chi connectivity index (χ1) is 16.7. The third-order valence-electron chi connectivity index (χ3n) is 5.72. The summed E-state index contributed by atoms with van der Waals surface area (Å²) in [5.41, 5.74) is 1.95. The van der Waals surface area contributed by atoms with Crippen LogP contribution in [0, 0.1) is 5.41 Å². The third-order valence-corrected chi connectivity index (χ3v) is 5.72. The van der Waals surface area contributed by atoms with Crippen molar-refractivity contribution in [3.8, 4) is 11.4 Å². The van der Waals surface area contributed by atoms with E-state index in [1.807, 2.05) is 47.1 Å². The highest BCUT2D eigenvalue weighted by Gasteiger charge is 2.23. The number of benzene rings is 1. The van der Waals surface area contributed by atoms with Crippen molar-refractivity contribution in [3.63, 3.8) is 0 Å². The van der Waals surface area contributed by atoms with E-state index in [0.29, 0.717) is 24.7 Å². The number of urea groups is 1. The minimum atomic E-state index is -0.568. The Morgan fingerprint density at radius 2 is 1.86 bits per heavy atom. The van der Waals surface area contributed by atoms with Gasteiger partial charge in [-0.05, 0) is 57.2 Å². The molecule has 0 atom stereocenters. The second-order valence-corrected chi connectivity index (χ2v) is 9.42. The first-order valence-corrected chi connectivity index (χ1v) is 11.7. The SMILES string of the molecule is CN(C(=O)NCCOC(=O)C(C)(C)C)c1ccc(-c2nc(N3CCOCC3)c3cccn3n2)cc1. The van der Waals surface area contributed by atoms with Crippen LogP contribution in [0.5, 0.6) is 0 Å². The molecule has 10 nitrogen and oxygen atoms in total. The van der Waals surface area contributed by atoms with Gasteiger partial charge in [0.15, 0.2) is 11.6 Å². The largest absolute Gasteiger partial charge is 0.463 e. The Balaban J connectivity index is 1.42. The van der Waals surface area contributed by atoms with E-state index in [-0.39, 0.29) is 25.2 Å². The van der Waals surface area contributed by atoms with E-state index in [1.54, 1.807) is 27.8 Å². The number of carbonyl (C=O) groups excluding carboxylic acids is 2. The molecule has 10 heteroatoms.